The van der Waals surface area contributed by atoms with Crippen molar-refractivity contribution in [2.24, 2.45) is 11.5 Å². The number of hydrogen-bond acceptors (Lipinski definition) is 3. The van der Waals surface area contributed by atoms with Gasteiger partial charge in [-0.1, -0.05) is 0 Å². The highest BCUT2D eigenvalue weighted by molar-refractivity contribution is 7.99. The molecule has 1 atom stereocenters. The highest BCUT2D eigenvalue weighted by atomic mass is 32.2. The Morgan fingerprint density at radius 2 is 2.33 bits per heavy atom. The minimum absolute atomic E-state index is 0.0388. The highest BCUT2D eigenvalue weighted by Gasteiger charge is 2.25. The summed E-state index contributed by atoms with van der Waals surface area (Å²) < 4.78 is 0. The number of thioether (sulfide) groups is 1. The number of hydrogen-bond donors (Lipinski definition) is 2. The molecule has 2 nitrogen and oxygen atoms in total. The largest absolute Gasteiger partial charge is 0.329 e. The van der Waals surface area contributed by atoms with Gasteiger partial charge in [0.25, 0.3) is 0 Å². The molecule has 0 aromatic carbocycles. The zero-order valence-electron chi connectivity index (χ0n) is 5.60. The second kappa shape index (κ2) is 2.90. The minimum Gasteiger partial charge on any atom is -0.329 e. The summed E-state index contributed by atoms with van der Waals surface area (Å²) in [6, 6.07) is 0. The van der Waals surface area contributed by atoms with Gasteiger partial charge in [0.05, 0.1) is 0 Å². The minimum atomic E-state index is -0.0388. The molecule has 0 saturated carbocycles. The lowest BCUT2D eigenvalue weighted by atomic mass is 9.97. The van der Waals surface area contributed by atoms with Crippen LogP contribution < -0.4 is 11.5 Å². The summed E-state index contributed by atoms with van der Waals surface area (Å²) >= 11 is 1.92. The number of rotatable bonds is 1. The predicted molar refractivity (Wildman–Crippen MR) is 42.5 cm³/mol. The maximum absolute atomic E-state index is 5.91. The van der Waals surface area contributed by atoms with Crippen molar-refractivity contribution in [3.05, 3.63) is 0 Å². The van der Waals surface area contributed by atoms with Gasteiger partial charge in [0.15, 0.2) is 0 Å². The van der Waals surface area contributed by atoms with Crippen molar-refractivity contribution in [1.82, 2.24) is 0 Å². The molecule has 3 heteroatoms. The van der Waals surface area contributed by atoms with E-state index in [1.165, 1.54) is 12.2 Å². The van der Waals surface area contributed by atoms with Gasteiger partial charge in [-0.25, -0.2) is 0 Å². The molecule has 4 N–H and O–H groups in total. The molecule has 0 aromatic heterocycles. The smallest absolute Gasteiger partial charge is 0.0370 e. The molecule has 1 unspecified atom stereocenters. The summed E-state index contributed by atoms with van der Waals surface area (Å²) in [4.78, 5) is 0. The van der Waals surface area contributed by atoms with Crippen molar-refractivity contribution in [3.8, 4) is 0 Å². The Morgan fingerprint density at radius 3 is 2.67 bits per heavy atom. The van der Waals surface area contributed by atoms with Crippen LogP contribution in [0.4, 0.5) is 0 Å². The SMILES string of the molecule is NCC1(N)CCCSC1. The monoisotopic (exact) mass is 146 g/mol. The fraction of sp³-hybridized carbons (Fsp3) is 1.00. The van der Waals surface area contributed by atoms with Crippen LogP contribution in [0, 0.1) is 0 Å². The quantitative estimate of drug-likeness (QED) is 0.554. The van der Waals surface area contributed by atoms with Gasteiger partial charge in [0, 0.05) is 17.8 Å². The van der Waals surface area contributed by atoms with Gasteiger partial charge in [0.1, 0.15) is 0 Å². The molecule has 0 spiro atoms. The van der Waals surface area contributed by atoms with E-state index in [2.05, 4.69) is 0 Å². The molecule has 9 heavy (non-hydrogen) atoms. The van der Waals surface area contributed by atoms with Crippen LogP contribution >= 0.6 is 11.8 Å². The highest BCUT2D eigenvalue weighted by Crippen LogP contribution is 2.23. The Kier molecular flexibility index (Phi) is 2.38. The van der Waals surface area contributed by atoms with Gasteiger partial charge < -0.3 is 11.5 Å². The van der Waals surface area contributed by atoms with Crippen molar-refractivity contribution in [3.63, 3.8) is 0 Å². The lowest BCUT2D eigenvalue weighted by Gasteiger charge is -2.31. The third-order valence-corrected chi connectivity index (χ3v) is 3.12. The molecule has 1 heterocycles. The van der Waals surface area contributed by atoms with E-state index in [1.807, 2.05) is 11.8 Å². The summed E-state index contributed by atoms with van der Waals surface area (Å²) in [7, 11) is 0. The van der Waals surface area contributed by atoms with Crippen molar-refractivity contribution < 1.29 is 0 Å². The Balaban J connectivity index is 2.37. The second-order valence-corrected chi connectivity index (χ2v) is 3.83. The first kappa shape index (κ1) is 7.38. The molecular weight excluding hydrogens is 132 g/mol. The Morgan fingerprint density at radius 1 is 1.56 bits per heavy atom. The Hall–Kier alpha value is 0.270. The van der Waals surface area contributed by atoms with E-state index in [9.17, 15) is 0 Å². The maximum Gasteiger partial charge on any atom is 0.0370 e. The zero-order chi connectivity index (χ0) is 6.74. The average Bonchev–Trinajstić information content (AvgIpc) is 1.90. The van der Waals surface area contributed by atoms with E-state index in [-0.39, 0.29) is 5.54 Å². The molecule has 1 rings (SSSR count). The summed E-state index contributed by atoms with van der Waals surface area (Å²) in [6.45, 7) is 0.639. The molecule has 1 aliphatic heterocycles. The Labute approximate surface area is 60.4 Å². The third-order valence-electron chi connectivity index (χ3n) is 1.76. The zero-order valence-corrected chi connectivity index (χ0v) is 6.41. The Bertz CT molecular complexity index is 89.1. The molecule has 0 amide bonds. The third kappa shape index (κ3) is 1.85. The van der Waals surface area contributed by atoms with E-state index in [4.69, 9.17) is 11.5 Å². The van der Waals surface area contributed by atoms with Gasteiger partial charge in [-0.05, 0) is 18.6 Å². The van der Waals surface area contributed by atoms with Crippen LogP contribution in [-0.2, 0) is 0 Å². The molecule has 0 bridgehead atoms. The average molecular weight is 146 g/mol. The standard InChI is InChI=1S/C6H14N2S/c7-4-6(8)2-1-3-9-5-6/h1-5,7-8H2. The summed E-state index contributed by atoms with van der Waals surface area (Å²) in [5, 5.41) is 0. The number of nitrogens with two attached hydrogens (primary N) is 2. The van der Waals surface area contributed by atoms with Crippen molar-refractivity contribution in [1.29, 1.82) is 0 Å². The molecule has 1 saturated heterocycles. The molecule has 0 aliphatic carbocycles. The topological polar surface area (TPSA) is 52.0 Å². The van der Waals surface area contributed by atoms with Crippen LogP contribution in [0.1, 0.15) is 12.8 Å². The van der Waals surface area contributed by atoms with E-state index in [1.54, 1.807) is 0 Å². The van der Waals surface area contributed by atoms with E-state index >= 15 is 0 Å². The fourth-order valence-corrected chi connectivity index (χ4v) is 2.20. The van der Waals surface area contributed by atoms with Crippen molar-refractivity contribution in [2.75, 3.05) is 18.1 Å². The predicted octanol–water partition coefficient (Wildman–Crippen LogP) is 0.170. The van der Waals surface area contributed by atoms with Gasteiger partial charge in [-0.3, -0.25) is 0 Å². The summed E-state index contributed by atoms with van der Waals surface area (Å²) in [5.41, 5.74) is 11.4. The lowest BCUT2D eigenvalue weighted by molar-refractivity contribution is 0.438. The van der Waals surface area contributed by atoms with Crippen LogP contribution in [0.15, 0.2) is 0 Å². The van der Waals surface area contributed by atoms with Gasteiger partial charge >= 0.3 is 0 Å². The molecule has 1 aliphatic rings. The van der Waals surface area contributed by atoms with E-state index < -0.39 is 0 Å². The van der Waals surface area contributed by atoms with E-state index in [0.717, 1.165) is 12.2 Å². The molecule has 54 valence electrons. The molecule has 0 aromatic rings. The van der Waals surface area contributed by atoms with Gasteiger partial charge in [-0.15, -0.1) is 0 Å². The maximum atomic E-state index is 5.91. The fourth-order valence-electron chi connectivity index (χ4n) is 1.03. The summed E-state index contributed by atoms with van der Waals surface area (Å²) in [6.07, 6.45) is 2.34. The lowest BCUT2D eigenvalue weighted by Crippen LogP contribution is -2.50. The molecule has 0 radical (unpaired) electrons. The van der Waals surface area contributed by atoms with Crippen LogP contribution in [0.2, 0.25) is 0 Å². The van der Waals surface area contributed by atoms with Crippen molar-refractivity contribution in [2.45, 2.75) is 18.4 Å². The first-order valence-corrected chi connectivity index (χ1v) is 4.49. The first-order chi connectivity index (χ1) is 4.27. The van der Waals surface area contributed by atoms with E-state index in [0.29, 0.717) is 6.54 Å². The first-order valence-electron chi connectivity index (χ1n) is 3.33. The normalized spacial score (nSPS) is 36.7. The van der Waals surface area contributed by atoms with Crippen LogP contribution in [0.5, 0.6) is 0 Å². The second-order valence-electron chi connectivity index (χ2n) is 2.72. The van der Waals surface area contributed by atoms with Crippen LogP contribution in [0.25, 0.3) is 0 Å². The van der Waals surface area contributed by atoms with Crippen LogP contribution in [-0.4, -0.2) is 23.6 Å². The van der Waals surface area contributed by atoms with Gasteiger partial charge in [0.2, 0.25) is 0 Å². The molecule has 1 fully saturated rings. The summed E-state index contributed by atoms with van der Waals surface area (Å²) in [5.74, 6) is 2.31. The van der Waals surface area contributed by atoms with Gasteiger partial charge in [-0.2, -0.15) is 11.8 Å². The van der Waals surface area contributed by atoms with Crippen LogP contribution in [0.3, 0.4) is 0 Å². The van der Waals surface area contributed by atoms with Crippen molar-refractivity contribution >= 4 is 11.8 Å². The molecular formula is C6H14N2S.